The third-order valence-corrected chi connectivity index (χ3v) is 4.06. The highest BCUT2D eigenvalue weighted by atomic mass is 15.4. The molecule has 1 aliphatic rings. The van der Waals surface area contributed by atoms with Crippen molar-refractivity contribution in [2.45, 2.75) is 27.7 Å². The molecule has 7 heteroatoms. The van der Waals surface area contributed by atoms with Crippen molar-refractivity contribution < 1.29 is 0 Å². The number of anilines is 3. The molecular formula is C13H25N7. The van der Waals surface area contributed by atoms with Crippen molar-refractivity contribution in [2.24, 2.45) is 17.7 Å². The number of hydrazine groups is 1. The first-order chi connectivity index (χ1) is 9.58. The van der Waals surface area contributed by atoms with Crippen molar-refractivity contribution in [3.05, 3.63) is 0 Å². The summed E-state index contributed by atoms with van der Waals surface area (Å²) in [7, 11) is 0. The maximum atomic E-state index is 5.48. The van der Waals surface area contributed by atoms with Gasteiger partial charge in [0.1, 0.15) is 0 Å². The molecule has 2 rings (SSSR count). The van der Waals surface area contributed by atoms with Gasteiger partial charge in [-0.05, 0) is 25.7 Å². The number of aromatic nitrogens is 3. The van der Waals surface area contributed by atoms with Crippen molar-refractivity contribution in [2.75, 3.05) is 41.4 Å². The molecule has 0 aliphatic carbocycles. The van der Waals surface area contributed by atoms with Crippen LogP contribution in [0.4, 0.5) is 17.8 Å². The average molecular weight is 279 g/mol. The average Bonchev–Trinajstić information content (AvgIpc) is 2.80. The first-order valence-corrected chi connectivity index (χ1v) is 7.31. The number of hydrogen-bond donors (Lipinski definition) is 2. The summed E-state index contributed by atoms with van der Waals surface area (Å²) in [4.78, 5) is 17.7. The van der Waals surface area contributed by atoms with Gasteiger partial charge in [0.15, 0.2) is 0 Å². The summed E-state index contributed by atoms with van der Waals surface area (Å²) in [6, 6.07) is 0. The predicted octanol–water partition coefficient (Wildman–Crippen LogP) is 1.10. The number of nitrogen functional groups attached to an aromatic ring is 1. The van der Waals surface area contributed by atoms with E-state index < -0.39 is 0 Å². The fraction of sp³-hybridized carbons (Fsp3) is 0.769. The molecular weight excluding hydrogens is 254 g/mol. The van der Waals surface area contributed by atoms with Gasteiger partial charge in [-0.1, -0.05) is 13.8 Å². The number of rotatable bonds is 5. The highest BCUT2D eigenvalue weighted by molar-refractivity contribution is 5.45. The standard InChI is InChI=1S/C13H25N7/c1-5-19(6-2)12-15-11(18-14)16-13(17-12)20-7-9(3)10(4)8-20/h9-10H,5-8,14H2,1-4H3,(H,15,16,17,18). The van der Waals surface area contributed by atoms with Crippen LogP contribution in [0, 0.1) is 11.8 Å². The Balaban J connectivity index is 2.31. The minimum atomic E-state index is 0.420. The smallest absolute Gasteiger partial charge is 0.243 e. The second-order valence-corrected chi connectivity index (χ2v) is 5.44. The van der Waals surface area contributed by atoms with Crippen LogP contribution in [0.1, 0.15) is 27.7 Å². The Labute approximate surface area is 120 Å². The van der Waals surface area contributed by atoms with Crippen LogP contribution < -0.4 is 21.1 Å². The molecule has 3 N–H and O–H groups in total. The molecule has 2 heterocycles. The molecule has 2 atom stereocenters. The summed E-state index contributed by atoms with van der Waals surface area (Å²) in [6.07, 6.45) is 0. The van der Waals surface area contributed by atoms with Crippen molar-refractivity contribution in [1.29, 1.82) is 0 Å². The van der Waals surface area contributed by atoms with E-state index in [-0.39, 0.29) is 0 Å². The molecule has 2 unspecified atom stereocenters. The molecule has 0 spiro atoms. The first-order valence-electron chi connectivity index (χ1n) is 7.31. The molecule has 0 radical (unpaired) electrons. The summed E-state index contributed by atoms with van der Waals surface area (Å²) in [5, 5.41) is 0. The summed E-state index contributed by atoms with van der Waals surface area (Å²) >= 11 is 0. The van der Waals surface area contributed by atoms with Gasteiger partial charge in [-0.2, -0.15) is 15.0 Å². The SMILES string of the molecule is CCN(CC)c1nc(NN)nc(N2CC(C)C(C)C2)n1. The predicted molar refractivity (Wildman–Crippen MR) is 81.7 cm³/mol. The van der Waals surface area contributed by atoms with Gasteiger partial charge in [-0.15, -0.1) is 0 Å². The molecule has 1 aliphatic heterocycles. The van der Waals surface area contributed by atoms with Gasteiger partial charge >= 0.3 is 0 Å². The van der Waals surface area contributed by atoms with Crippen molar-refractivity contribution in [3.63, 3.8) is 0 Å². The van der Waals surface area contributed by atoms with E-state index in [1.807, 2.05) is 0 Å². The van der Waals surface area contributed by atoms with E-state index in [4.69, 9.17) is 5.84 Å². The van der Waals surface area contributed by atoms with Gasteiger partial charge in [0.25, 0.3) is 0 Å². The Morgan fingerprint density at radius 2 is 1.75 bits per heavy atom. The van der Waals surface area contributed by atoms with Crippen LogP contribution in [-0.4, -0.2) is 41.1 Å². The second-order valence-electron chi connectivity index (χ2n) is 5.44. The van der Waals surface area contributed by atoms with Crippen molar-refractivity contribution in [3.8, 4) is 0 Å². The van der Waals surface area contributed by atoms with Gasteiger partial charge in [0.2, 0.25) is 17.8 Å². The Morgan fingerprint density at radius 3 is 2.25 bits per heavy atom. The lowest BCUT2D eigenvalue weighted by Crippen LogP contribution is -2.28. The molecule has 1 fully saturated rings. The summed E-state index contributed by atoms with van der Waals surface area (Å²) in [6.45, 7) is 12.4. The molecule has 0 amide bonds. The monoisotopic (exact) mass is 279 g/mol. The number of nitrogens with two attached hydrogens (primary N) is 1. The Hall–Kier alpha value is -1.63. The lowest BCUT2D eigenvalue weighted by atomic mass is 10.0. The van der Waals surface area contributed by atoms with E-state index in [0.717, 1.165) is 26.2 Å². The van der Waals surface area contributed by atoms with Crippen LogP contribution in [-0.2, 0) is 0 Å². The van der Waals surface area contributed by atoms with E-state index in [0.29, 0.717) is 29.7 Å². The lowest BCUT2D eigenvalue weighted by molar-refractivity contribution is 0.494. The van der Waals surface area contributed by atoms with E-state index >= 15 is 0 Å². The van der Waals surface area contributed by atoms with E-state index in [9.17, 15) is 0 Å². The van der Waals surface area contributed by atoms with Gasteiger partial charge in [-0.3, -0.25) is 5.43 Å². The number of hydrogen-bond acceptors (Lipinski definition) is 7. The molecule has 1 saturated heterocycles. The van der Waals surface area contributed by atoms with Gasteiger partial charge in [0.05, 0.1) is 0 Å². The minimum Gasteiger partial charge on any atom is -0.341 e. The molecule has 1 aromatic rings. The number of nitrogens with zero attached hydrogens (tertiary/aromatic N) is 5. The Kier molecular flexibility index (Phi) is 4.59. The van der Waals surface area contributed by atoms with Crippen LogP contribution in [0.5, 0.6) is 0 Å². The fourth-order valence-electron chi connectivity index (χ4n) is 2.50. The zero-order chi connectivity index (χ0) is 14.7. The molecule has 0 saturated carbocycles. The molecule has 7 nitrogen and oxygen atoms in total. The maximum absolute atomic E-state index is 5.48. The zero-order valence-corrected chi connectivity index (χ0v) is 12.8. The third kappa shape index (κ3) is 2.92. The van der Waals surface area contributed by atoms with Crippen LogP contribution in [0.25, 0.3) is 0 Å². The fourth-order valence-corrected chi connectivity index (χ4v) is 2.50. The third-order valence-electron chi connectivity index (χ3n) is 4.06. The molecule has 112 valence electrons. The number of nitrogens with one attached hydrogen (secondary N) is 1. The normalized spacial score (nSPS) is 22.1. The van der Waals surface area contributed by atoms with Crippen LogP contribution in [0.3, 0.4) is 0 Å². The first kappa shape index (κ1) is 14.8. The summed E-state index contributed by atoms with van der Waals surface area (Å²) < 4.78 is 0. The van der Waals surface area contributed by atoms with E-state index in [2.05, 4.69) is 57.9 Å². The summed E-state index contributed by atoms with van der Waals surface area (Å²) in [5.74, 6) is 8.60. The van der Waals surface area contributed by atoms with E-state index in [1.54, 1.807) is 0 Å². The lowest BCUT2D eigenvalue weighted by Gasteiger charge is -2.22. The van der Waals surface area contributed by atoms with Crippen LogP contribution in [0.2, 0.25) is 0 Å². The van der Waals surface area contributed by atoms with Crippen LogP contribution >= 0.6 is 0 Å². The highest BCUT2D eigenvalue weighted by Crippen LogP contribution is 2.26. The zero-order valence-electron chi connectivity index (χ0n) is 12.8. The van der Waals surface area contributed by atoms with Gasteiger partial charge < -0.3 is 9.80 Å². The quantitative estimate of drug-likeness (QED) is 0.616. The van der Waals surface area contributed by atoms with Crippen molar-refractivity contribution in [1.82, 2.24) is 15.0 Å². The maximum Gasteiger partial charge on any atom is 0.243 e. The summed E-state index contributed by atoms with van der Waals surface area (Å²) in [5.41, 5.74) is 2.54. The Morgan fingerprint density at radius 1 is 1.15 bits per heavy atom. The molecule has 0 bridgehead atoms. The molecule has 0 aromatic carbocycles. The minimum absolute atomic E-state index is 0.420. The van der Waals surface area contributed by atoms with Crippen LogP contribution in [0.15, 0.2) is 0 Å². The molecule has 20 heavy (non-hydrogen) atoms. The highest BCUT2D eigenvalue weighted by Gasteiger charge is 2.28. The second kappa shape index (κ2) is 6.21. The Bertz CT molecular complexity index is 436. The largest absolute Gasteiger partial charge is 0.341 e. The van der Waals surface area contributed by atoms with E-state index in [1.165, 1.54) is 0 Å². The van der Waals surface area contributed by atoms with Crippen molar-refractivity contribution >= 4 is 17.8 Å². The topological polar surface area (TPSA) is 83.2 Å². The van der Waals surface area contributed by atoms with Gasteiger partial charge in [-0.25, -0.2) is 5.84 Å². The molecule has 1 aromatic heterocycles. The van der Waals surface area contributed by atoms with Gasteiger partial charge in [0, 0.05) is 26.2 Å².